The highest BCUT2D eigenvalue weighted by atomic mass is 19.1. The van der Waals surface area contributed by atoms with Gasteiger partial charge in [-0.05, 0) is 116 Å². The van der Waals surface area contributed by atoms with Crippen molar-refractivity contribution >= 4 is 28.4 Å². The SMILES string of the molecule is C[C@@H]1C[C@@]2(C)[C@@H](CC[C@@H]3[C@@H]2CC[C@]2(C)[C@@H](OCCCCCC(=O)N4CCN(C(=O)c5cc(Cc6n[nH]c(=O)c7ccccc67)ccc5F)CC4)CC[C@@H]32)CC1=O. The Kier molecular flexibility index (Phi) is 11.0. The van der Waals surface area contributed by atoms with E-state index in [1.54, 1.807) is 29.2 Å². The number of piperazine rings is 1. The predicted octanol–water partition coefficient (Wildman–Crippen LogP) is 7.74. The van der Waals surface area contributed by atoms with Crippen LogP contribution >= 0.6 is 0 Å². The number of halogens is 1. The van der Waals surface area contributed by atoms with E-state index in [2.05, 4.69) is 31.0 Å². The second-order valence-corrected chi connectivity index (χ2v) is 18.4. The van der Waals surface area contributed by atoms with Crippen LogP contribution in [0.1, 0.15) is 119 Å². The minimum atomic E-state index is -0.583. The number of nitrogens with one attached hydrogen (secondary N) is 1. The minimum Gasteiger partial charge on any atom is -0.378 e. The topological polar surface area (TPSA) is 113 Å². The van der Waals surface area contributed by atoms with Crippen molar-refractivity contribution in [3.05, 3.63) is 75.5 Å². The molecule has 5 aliphatic rings. The third-order valence-corrected chi connectivity index (χ3v) is 15.4. The van der Waals surface area contributed by atoms with Crippen molar-refractivity contribution in [2.45, 2.75) is 110 Å². The fraction of sp³-hybridized carbons (Fsp3) is 0.630. The summed E-state index contributed by atoms with van der Waals surface area (Å²) in [6.45, 7) is 9.51. The fourth-order valence-corrected chi connectivity index (χ4v) is 12.2. The quantitative estimate of drug-likeness (QED) is 0.212. The van der Waals surface area contributed by atoms with Gasteiger partial charge >= 0.3 is 0 Å². The molecule has 10 heteroatoms. The first-order chi connectivity index (χ1) is 27.0. The maximum Gasteiger partial charge on any atom is 0.272 e. The Morgan fingerprint density at radius 3 is 2.45 bits per heavy atom. The average Bonchev–Trinajstić information content (AvgIpc) is 3.54. The highest BCUT2D eigenvalue weighted by Gasteiger charge is 2.61. The number of hydrogen-bond acceptors (Lipinski definition) is 6. The first-order valence-electron chi connectivity index (χ1n) is 21.4. The third kappa shape index (κ3) is 7.24. The Morgan fingerprint density at radius 2 is 1.64 bits per heavy atom. The first kappa shape index (κ1) is 38.9. The number of amides is 2. The molecule has 300 valence electrons. The minimum absolute atomic E-state index is 0.00218. The average molecular weight is 767 g/mol. The van der Waals surface area contributed by atoms with Gasteiger partial charge in [-0.3, -0.25) is 19.2 Å². The molecule has 0 unspecified atom stereocenters. The van der Waals surface area contributed by atoms with Crippen LogP contribution in [0.3, 0.4) is 0 Å². The normalized spacial score (nSPS) is 31.5. The molecule has 3 aromatic rings. The highest BCUT2D eigenvalue weighted by Crippen LogP contribution is 2.66. The fourth-order valence-electron chi connectivity index (χ4n) is 12.2. The number of ether oxygens (including phenoxy) is 1. The Labute approximate surface area is 330 Å². The monoisotopic (exact) mass is 766 g/mol. The van der Waals surface area contributed by atoms with Crippen LogP contribution in [0.2, 0.25) is 0 Å². The lowest BCUT2D eigenvalue weighted by Gasteiger charge is -2.60. The number of ketones is 1. The number of carbonyl (C=O) groups excluding carboxylic acids is 3. The molecule has 2 aromatic carbocycles. The van der Waals surface area contributed by atoms with Gasteiger partial charge in [0.1, 0.15) is 11.6 Å². The number of aromatic amines is 1. The number of H-pyrrole nitrogens is 1. The van der Waals surface area contributed by atoms with Crippen LogP contribution in [0, 0.1) is 46.2 Å². The van der Waals surface area contributed by atoms with Crippen molar-refractivity contribution < 1.29 is 23.5 Å². The molecule has 0 spiro atoms. The Morgan fingerprint density at radius 1 is 0.893 bits per heavy atom. The molecule has 4 aliphatic carbocycles. The molecule has 2 amide bonds. The van der Waals surface area contributed by atoms with Crippen LogP contribution in [-0.2, 0) is 20.7 Å². The van der Waals surface area contributed by atoms with Gasteiger partial charge < -0.3 is 14.5 Å². The molecule has 2 heterocycles. The zero-order valence-corrected chi connectivity index (χ0v) is 33.5. The van der Waals surface area contributed by atoms with Crippen molar-refractivity contribution in [2.24, 2.45) is 40.4 Å². The van der Waals surface area contributed by atoms with Gasteiger partial charge in [-0.2, -0.15) is 5.10 Å². The summed E-state index contributed by atoms with van der Waals surface area (Å²) in [4.78, 5) is 54.8. The van der Waals surface area contributed by atoms with E-state index in [0.29, 0.717) is 78.9 Å². The summed E-state index contributed by atoms with van der Waals surface area (Å²) in [5.41, 5.74) is 1.65. The van der Waals surface area contributed by atoms with Crippen LogP contribution in [0.15, 0.2) is 47.3 Å². The van der Waals surface area contributed by atoms with Crippen LogP contribution in [0.25, 0.3) is 10.8 Å². The van der Waals surface area contributed by atoms with Crippen LogP contribution in [-0.4, -0.2) is 76.5 Å². The maximum absolute atomic E-state index is 15.0. The lowest BCUT2D eigenvalue weighted by Crippen LogP contribution is -2.55. The first-order valence-corrected chi connectivity index (χ1v) is 21.4. The van der Waals surface area contributed by atoms with E-state index in [9.17, 15) is 23.6 Å². The zero-order valence-electron chi connectivity index (χ0n) is 33.5. The molecule has 56 heavy (non-hydrogen) atoms. The van der Waals surface area contributed by atoms with Gasteiger partial charge in [0.15, 0.2) is 0 Å². The van der Waals surface area contributed by atoms with E-state index in [1.807, 2.05) is 17.0 Å². The van der Waals surface area contributed by atoms with Gasteiger partial charge in [0.25, 0.3) is 11.5 Å². The van der Waals surface area contributed by atoms with E-state index >= 15 is 0 Å². The Balaban J connectivity index is 0.762. The van der Waals surface area contributed by atoms with Gasteiger partial charge in [0.05, 0.1) is 22.7 Å². The number of carbonyl (C=O) groups is 3. The third-order valence-electron chi connectivity index (χ3n) is 15.4. The van der Waals surface area contributed by atoms with Crippen molar-refractivity contribution in [3.63, 3.8) is 0 Å². The van der Waals surface area contributed by atoms with Gasteiger partial charge in [0.2, 0.25) is 5.91 Å². The molecule has 9 nitrogen and oxygen atoms in total. The lowest BCUT2D eigenvalue weighted by molar-refractivity contribution is -0.151. The molecule has 4 saturated carbocycles. The smallest absolute Gasteiger partial charge is 0.272 e. The van der Waals surface area contributed by atoms with Crippen molar-refractivity contribution in [1.29, 1.82) is 0 Å². The summed E-state index contributed by atoms with van der Waals surface area (Å²) in [7, 11) is 0. The molecule has 0 radical (unpaired) electrons. The van der Waals surface area contributed by atoms with Crippen LogP contribution in [0.5, 0.6) is 0 Å². The molecule has 0 bridgehead atoms. The van der Waals surface area contributed by atoms with Gasteiger partial charge in [-0.1, -0.05) is 51.5 Å². The molecular weight excluding hydrogens is 708 g/mol. The number of benzene rings is 2. The summed E-state index contributed by atoms with van der Waals surface area (Å²) < 4.78 is 21.6. The standard InChI is InChI=1S/C46H59FN4O5/c1-29-28-46(3)31(27-40(29)52)13-14-34-36-15-17-41(45(36,2)19-18-37(34)46)56-24-8-4-5-11-42(53)50-20-22-51(23-21-50)44(55)35-25-30(12-16-38(35)47)26-39-32-9-6-7-10-33(32)43(54)49-48-39/h6-7,9-10,12,16,25,29,31,34,36-37,41H,4-5,8,11,13-15,17-24,26-28H2,1-3H3,(H,49,54)/t29-,31+,34+,36+,37+,41+,45+,46+/m1/s1. The largest absolute Gasteiger partial charge is 0.378 e. The van der Waals surface area contributed by atoms with Gasteiger partial charge in [0, 0.05) is 63.4 Å². The Bertz CT molecular complexity index is 2030. The number of rotatable bonds is 10. The molecule has 8 atom stereocenters. The van der Waals surface area contributed by atoms with Crippen molar-refractivity contribution in [3.8, 4) is 0 Å². The van der Waals surface area contributed by atoms with E-state index in [0.717, 1.165) is 68.3 Å². The summed E-state index contributed by atoms with van der Waals surface area (Å²) in [6, 6.07) is 11.7. The zero-order chi connectivity index (χ0) is 39.2. The molecule has 1 aromatic heterocycles. The van der Waals surface area contributed by atoms with E-state index in [4.69, 9.17) is 4.74 Å². The summed E-state index contributed by atoms with van der Waals surface area (Å²) in [5, 5.41) is 8.02. The number of aromatic nitrogens is 2. The van der Waals surface area contributed by atoms with Crippen LogP contribution in [0.4, 0.5) is 4.39 Å². The van der Waals surface area contributed by atoms with Gasteiger partial charge in [-0.15, -0.1) is 0 Å². The molecule has 5 fully saturated rings. The number of hydrogen-bond donors (Lipinski definition) is 1. The second kappa shape index (κ2) is 15.8. The number of Topliss-reactive ketones (excluding diaryl/α,β-unsaturated/α-hetero) is 1. The molecule has 1 N–H and O–H groups in total. The van der Waals surface area contributed by atoms with Crippen molar-refractivity contribution in [1.82, 2.24) is 20.0 Å². The number of fused-ring (bicyclic) bond motifs is 6. The maximum atomic E-state index is 15.0. The van der Waals surface area contributed by atoms with Gasteiger partial charge in [-0.25, -0.2) is 9.49 Å². The predicted molar refractivity (Wildman–Crippen MR) is 214 cm³/mol. The Hall–Kier alpha value is -3.92. The molecule has 8 rings (SSSR count). The summed E-state index contributed by atoms with van der Waals surface area (Å²) >= 11 is 0. The number of unbranched alkanes of at least 4 members (excludes halogenated alkanes) is 2. The molecular formula is C46H59FN4O5. The highest BCUT2D eigenvalue weighted by molar-refractivity contribution is 5.95. The lowest BCUT2D eigenvalue weighted by atomic mass is 9.44. The van der Waals surface area contributed by atoms with Crippen LogP contribution < -0.4 is 5.56 Å². The number of nitrogens with zero attached hydrogens (tertiary/aromatic N) is 3. The summed E-state index contributed by atoms with van der Waals surface area (Å²) in [6.07, 6.45) is 13.1. The molecule has 1 saturated heterocycles. The van der Waals surface area contributed by atoms with E-state index in [1.165, 1.54) is 38.2 Å². The summed E-state index contributed by atoms with van der Waals surface area (Å²) in [5.74, 6) is 2.65. The molecule has 1 aliphatic heterocycles. The van der Waals surface area contributed by atoms with E-state index in [-0.39, 0.29) is 34.3 Å². The second-order valence-electron chi connectivity index (χ2n) is 18.4. The van der Waals surface area contributed by atoms with E-state index < -0.39 is 5.82 Å². The van der Waals surface area contributed by atoms with Crippen molar-refractivity contribution in [2.75, 3.05) is 32.8 Å².